The molecule has 112 valence electrons. The molecule has 4 nitrogen and oxygen atoms in total. The third-order valence-electron chi connectivity index (χ3n) is 3.70. The molecule has 0 aromatic heterocycles. The predicted molar refractivity (Wildman–Crippen MR) is 77.9 cm³/mol. The van der Waals surface area contributed by atoms with Crippen molar-refractivity contribution in [3.05, 3.63) is 29.3 Å². The van der Waals surface area contributed by atoms with E-state index in [9.17, 15) is 9.90 Å². The van der Waals surface area contributed by atoms with Gasteiger partial charge in [-0.25, -0.2) is 4.79 Å². The van der Waals surface area contributed by atoms with Crippen LogP contribution in [0.3, 0.4) is 0 Å². The number of aliphatic hydroxyl groups excluding tert-OH is 1. The molecule has 0 saturated heterocycles. The van der Waals surface area contributed by atoms with Gasteiger partial charge in [0.1, 0.15) is 5.75 Å². The lowest BCUT2D eigenvalue weighted by molar-refractivity contribution is -0.153. The number of hydrogen-bond donors (Lipinski definition) is 1. The molecule has 0 aliphatic heterocycles. The average molecular weight is 280 g/mol. The summed E-state index contributed by atoms with van der Waals surface area (Å²) in [6.45, 7) is 8.28. The summed E-state index contributed by atoms with van der Waals surface area (Å²) in [6, 6.07) is 5.57. The Labute approximate surface area is 120 Å². The van der Waals surface area contributed by atoms with E-state index in [1.54, 1.807) is 13.0 Å². The zero-order chi connectivity index (χ0) is 15.3. The predicted octanol–water partition coefficient (Wildman–Crippen LogP) is 2.98. The lowest BCUT2D eigenvalue weighted by Crippen LogP contribution is -2.19. The van der Waals surface area contributed by atoms with Gasteiger partial charge in [-0.05, 0) is 36.5 Å². The number of rotatable bonds is 6. The molecule has 1 aromatic rings. The standard InChI is InChI=1S/C16H24O4/c1-6-16(3,4)11-8-9-13(19-5)12(10-11)14(17)15(18)20-7-2/h8-10,14,17H,6-7H2,1-5H3. The first-order valence-electron chi connectivity index (χ1n) is 6.90. The minimum Gasteiger partial charge on any atom is -0.496 e. The second kappa shape index (κ2) is 6.75. The molecule has 20 heavy (non-hydrogen) atoms. The van der Waals surface area contributed by atoms with Crippen molar-refractivity contribution < 1.29 is 19.4 Å². The Morgan fingerprint density at radius 3 is 2.50 bits per heavy atom. The van der Waals surface area contributed by atoms with Crippen molar-refractivity contribution >= 4 is 5.97 Å². The highest BCUT2D eigenvalue weighted by Gasteiger charge is 2.26. The number of aliphatic hydroxyl groups is 1. The van der Waals surface area contributed by atoms with Crippen LogP contribution in [-0.4, -0.2) is 24.8 Å². The lowest BCUT2D eigenvalue weighted by Gasteiger charge is -2.25. The maximum Gasteiger partial charge on any atom is 0.339 e. The normalized spacial score (nSPS) is 12.9. The van der Waals surface area contributed by atoms with Crippen LogP contribution in [0.4, 0.5) is 0 Å². The van der Waals surface area contributed by atoms with Crippen molar-refractivity contribution in [2.45, 2.75) is 45.6 Å². The number of esters is 1. The Morgan fingerprint density at radius 2 is 2.00 bits per heavy atom. The van der Waals surface area contributed by atoms with E-state index in [1.165, 1.54) is 7.11 Å². The number of carbonyl (C=O) groups excluding carboxylic acids is 1. The van der Waals surface area contributed by atoms with E-state index >= 15 is 0 Å². The molecule has 0 fully saturated rings. The highest BCUT2D eigenvalue weighted by atomic mass is 16.5. The molecule has 0 spiro atoms. The molecule has 1 unspecified atom stereocenters. The van der Waals surface area contributed by atoms with Crippen molar-refractivity contribution in [1.82, 2.24) is 0 Å². The topological polar surface area (TPSA) is 55.8 Å². The summed E-state index contributed by atoms with van der Waals surface area (Å²) in [6.07, 6.45) is -0.369. The van der Waals surface area contributed by atoms with Gasteiger partial charge in [0.2, 0.25) is 0 Å². The number of benzene rings is 1. The fourth-order valence-electron chi connectivity index (χ4n) is 1.92. The van der Waals surface area contributed by atoms with E-state index in [1.807, 2.05) is 12.1 Å². The summed E-state index contributed by atoms with van der Waals surface area (Å²) in [4.78, 5) is 11.7. The third-order valence-corrected chi connectivity index (χ3v) is 3.70. The Balaban J connectivity index is 3.22. The van der Waals surface area contributed by atoms with Crippen LogP contribution in [0.25, 0.3) is 0 Å². The molecule has 0 radical (unpaired) electrons. The van der Waals surface area contributed by atoms with Crippen LogP contribution < -0.4 is 4.74 Å². The fourth-order valence-corrected chi connectivity index (χ4v) is 1.92. The van der Waals surface area contributed by atoms with E-state index in [2.05, 4.69) is 20.8 Å². The second-order valence-electron chi connectivity index (χ2n) is 5.35. The van der Waals surface area contributed by atoms with Gasteiger partial charge in [-0.2, -0.15) is 0 Å². The van der Waals surface area contributed by atoms with E-state index in [-0.39, 0.29) is 12.0 Å². The molecule has 0 aliphatic carbocycles. The number of ether oxygens (including phenoxy) is 2. The Hall–Kier alpha value is -1.55. The maximum absolute atomic E-state index is 11.7. The van der Waals surface area contributed by atoms with Crippen LogP contribution in [0.2, 0.25) is 0 Å². The van der Waals surface area contributed by atoms with E-state index < -0.39 is 12.1 Å². The van der Waals surface area contributed by atoms with Crippen molar-refractivity contribution in [3.63, 3.8) is 0 Å². The molecule has 0 bridgehead atoms. The summed E-state index contributed by atoms with van der Waals surface area (Å²) in [5, 5.41) is 10.1. The van der Waals surface area contributed by atoms with Gasteiger partial charge in [0.25, 0.3) is 0 Å². The molecule has 1 aromatic carbocycles. The number of carbonyl (C=O) groups is 1. The summed E-state index contributed by atoms with van der Waals surface area (Å²) in [7, 11) is 1.52. The molecule has 1 rings (SSSR count). The van der Waals surface area contributed by atoms with Crippen LogP contribution in [0, 0.1) is 0 Å². The van der Waals surface area contributed by atoms with Gasteiger partial charge in [-0.1, -0.05) is 26.8 Å². The molecule has 1 atom stereocenters. The molecule has 0 saturated carbocycles. The van der Waals surface area contributed by atoms with Crippen LogP contribution in [-0.2, 0) is 14.9 Å². The third kappa shape index (κ3) is 3.51. The molecule has 0 amide bonds. The van der Waals surface area contributed by atoms with Gasteiger partial charge in [-0.3, -0.25) is 0 Å². The largest absolute Gasteiger partial charge is 0.496 e. The molecule has 0 aliphatic rings. The van der Waals surface area contributed by atoms with E-state index in [0.717, 1.165) is 12.0 Å². The molecule has 4 heteroatoms. The quantitative estimate of drug-likeness (QED) is 0.814. The van der Waals surface area contributed by atoms with Gasteiger partial charge in [-0.15, -0.1) is 0 Å². The van der Waals surface area contributed by atoms with Gasteiger partial charge < -0.3 is 14.6 Å². The highest BCUT2D eigenvalue weighted by molar-refractivity contribution is 5.77. The Bertz CT molecular complexity index is 466. The Morgan fingerprint density at radius 1 is 1.35 bits per heavy atom. The molecular formula is C16H24O4. The second-order valence-corrected chi connectivity index (χ2v) is 5.35. The van der Waals surface area contributed by atoms with Crippen LogP contribution in [0.1, 0.15) is 51.3 Å². The molecule has 0 heterocycles. The molecular weight excluding hydrogens is 256 g/mol. The SMILES string of the molecule is CCOC(=O)C(O)c1cc(C(C)(C)CC)ccc1OC. The number of methoxy groups -OCH3 is 1. The lowest BCUT2D eigenvalue weighted by atomic mass is 9.81. The summed E-state index contributed by atoms with van der Waals surface area (Å²) >= 11 is 0. The zero-order valence-corrected chi connectivity index (χ0v) is 12.9. The highest BCUT2D eigenvalue weighted by Crippen LogP contribution is 2.33. The first-order valence-corrected chi connectivity index (χ1v) is 6.90. The van der Waals surface area contributed by atoms with Gasteiger partial charge in [0.15, 0.2) is 6.10 Å². The van der Waals surface area contributed by atoms with Crippen molar-refractivity contribution in [1.29, 1.82) is 0 Å². The van der Waals surface area contributed by atoms with Gasteiger partial charge in [0.05, 0.1) is 13.7 Å². The van der Waals surface area contributed by atoms with Crippen molar-refractivity contribution in [2.24, 2.45) is 0 Å². The van der Waals surface area contributed by atoms with Crippen LogP contribution in [0.15, 0.2) is 18.2 Å². The van der Waals surface area contributed by atoms with Crippen LogP contribution >= 0.6 is 0 Å². The van der Waals surface area contributed by atoms with Crippen molar-refractivity contribution in [2.75, 3.05) is 13.7 Å². The monoisotopic (exact) mass is 280 g/mol. The Kier molecular flexibility index (Phi) is 5.57. The smallest absolute Gasteiger partial charge is 0.339 e. The minimum absolute atomic E-state index is 0.0323. The van der Waals surface area contributed by atoms with Gasteiger partial charge in [0, 0.05) is 5.56 Å². The van der Waals surface area contributed by atoms with Crippen molar-refractivity contribution in [3.8, 4) is 5.75 Å². The summed E-state index contributed by atoms with van der Waals surface area (Å²) in [5.41, 5.74) is 1.47. The number of hydrogen-bond acceptors (Lipinski definition) is 4. The fraction of sp³-hybridized carbons (Fsp3) is 0.562. The average Bonchev–Trinajstić information content (AvgIpc) is 2.45. The van der Waals surface area contributed by atoms with Gasteiger partial charge >= 0.3 is 5.97 Å². The zero-order valence-electron chi connectivity index (χ0n) is 12.9. The first-order chi connectivity index (χ1) is 9.37. The minimum atomic E-state index is -1.32. The van der Waals surface area contributed by atoms with E-state index in [0.29, 0.717) is 11.3 Å². The summed E-state index contributed by atoms with van der Waals surface area (Å²) in [5.74, 6) is -0.168. The summed E-state index contributed by atoms with van der Waals surface area (Å²) < 4.78 is 10.1. The van der Waals surface area contributed by atoms with E-state index in [4.69, 9.17) is 9.47 Å². The first kappa shape index (κ1) is 16.5. The molecule has 1 N–H and O–H groups in total. The maximum atomic E-state index is 11.7. The van der Waals surface area contributed by atoms with Crippen LogP contribution in [0.5, 0.6) is 5.75 Å².